The van der Waals surface area contributed by atoms with Crippen LogP contribution in [0.25, 0.3) is 0 Å². The number of rotatable bonds is 8. The fourth-order valence-corrected chi connectivity index (χ4v) is 2.60. The normalized spacial score (nSPS) is 11.7. The summed E-state index contributed by atoms with van der Waals surface area (Å²) >= 11 is 0. The van der Waals surface area contributed by atoms with E-state index >= 15 is 0 Å². The van der Waals surface area contributed by atoms with Crippen molar-refractivity contribution in [2.45, 2.75) is 59.6 Å². The van der Waals surface area contributed by atoms with E-state index in [0.717, 1.165) is 11.3 Å². The maximum absolute atomic E-state index is 12.6. The van der Waals surface area contributed by atoms with E-state index in [1.54, 1.807) is 12.0 Å². The molecule has 1 amide bonds. The molecule has 0 heterocycles. The van der Waals surface area contributed by atoms with Gasteiger partial charge in [-0.1, -0.05) is 12.1 Å². The molecule has 0 saturated heterocycles. The molecule has 0 bridgehead atoms. The molecule has 6 nitrogen and oxygen atoms in total. The molecule has 0 spiro atoms. The Labute approximate surface area is 162 Å². The number of nitrogens with zero attached hydrogens (tertiary/aromatic N) is 1. The highest BCUT2D eigenvalue weighted by Gasteiger charge is 2.29. The van der Waals surface area contributed by atoms with Crippen LogP contribution in [-0.4, -0.2) is 43.3 Å². The second-order valence-corrected chi connectivity index (χ2v) is 8.23. The summed E-state index contributed by atoms with van der Waals surface area (Å²) in [4.78, 5) is 26.1. The lowest BCUT2D eigenvalue weighted by Crippen LogP contribution is -2.37. The third-order valence-electron chi connectivity index (χ3n) is 4.15. The van der Waals surface area contributed by atoms with Crippen molar-refractivity contribution >= 4 is 12.1 Å². The van der Waals surface area contributed by atoms with Crippen LogP contribution < -0.4 is 4.74 Å². The molecule has 0 saturated carbocycles. The molecule has 0 atom stereocenters. The average Bonchev–Trinajstić information content (AvgIpc) is 2.59. The van der Waals surface area contributed by atoms with Crippen molar-refractivity contribution in [2.24, 2.45) is 5.41 Å². The second-order valence-electron chi connectivity index (χ2n) is 8.23. The zero-order chi connectivity index (χ0) is 20.7. The van der Waals surface area contributed by atoms with E-state index < -0.39 is 11.0 Å². The maximum Gasteiger partial charge on any atom is 0.410 e. The van der Waals surface area contributed by atoms with Gasteiger partial charge in [-0.05, 0) is 65.2 Å². The summed E-state index contributed by atoms with van der Waals surface area (Å²) in [6.07, 6.45) is 0.910. The van der Waals surface area contributed by atoms with Crippen LogP contribution in [0, 0.1) is 5.41 Å². The van der Waals surface area contributed by atoms with E-state index in [9.17, 15) is 9.59 Å². The highest BCUT2D eigenvalue weighted by atomic mass is 16.6. The summed E-state index contributed by atoms with van der Waals surface area (Å²) < 4.78 is 15.6. The predicted molar refractivity (Wildman–Crippen MR) is 105 cm³/mol. The Bertz CT molecular complexity index is 616. The number of hydrogen-bond acceptors (Lipinski definition) is 5. The van der Waals surface area contributed by atoms with Crippen LogP contribution >= 0.6 is 0 Å². The largest absolute Gasteiger partial charge is 0.497 e. The van der Waals surface area contributed by atoms with E-state index in [1.165, 1.54) is 7.11 Å². The molecule has 1 aromatic carbocycles. The summed E-state index contributed by atoms with van der Waals surface area (Å²) in [5, 5.41) is 0. The molecule has 6 heteroatoms. The number of benzene rings is 1. The average molecular weight is 379 g/mol. The van der Waals surface area contributed by atoms with E-state index in [4.69, 9.17) is 14.2 Å². The summed E-state index contributed by atoms with van der Waals surface area (Å²) in [5.41, 5.74) is -0.177. The Morgan fingerprint density at radius 3 is 2.07 bits per heavy atom. The van der Waals surface area contributed by atoms with Gasteiger partial charge < -0.3 is 19.1 Å². The molecule has 152 valence electrons. The van der Waals surface area contributed by atoms with Crippen molar-refractivity contribution in [3.8, 4) is 5.75 Å². The Hall–Kier alpha value is -2.24. The van der Waals surface area contributed by atoms with Crippen molar-refractivity contribution in [1.29, 1.82) is 0 Å². The lowest BCUT2D eigenvalue weighted by atomic mass is 9.88. The lowest BCUT2D eigenvalue weighted by molar-refractivity contribution is -0.151. The first kappa shape index (κ1) is 22.8. The fraction of sp³-hybridized carbons (Fsp3) is 0.619. The summed E-state index contributed by atoms with van der Waals surface area (Å²) in [5.74, 6) is 0.517. The van der Waals surface area contributed by atoms with Gasteiger partial charge in [0.2, 0.25) is 0 Å². The Balaban J connectivity index is 2.81. The van der Waals surface area contributed by atoms with Crippen LogP contribution in [0.3, 0.4) is 0 Å². The summed E-state index contributed by atoms with van der Waals surface area (Å²) in [6, 6.07) is 7.58. The molecule has 0 aliphatic rings. The smallest absolute Gasteiger partial charge is 0.410 e. The number of amides is 1. The van der Waals surface area contributed by atoms with E-state index in [2.05, 4.69) is 0 Å². The molecule has 0 aromatic heterocycles. The monoisotopic (exact) mass is 379 g/mol. The van der Waals surface area contributed by atoms with Gasteiger partial charge in [-0.2, -0.15) is 0 Å². The van der Waals surface area contributed by atoms with Gasteiger partial charge in [-0.25, -0.2) is 4.79 Å². The number of methoxy groups -OCH3 is 2. The first-order valence-corrected chi connectivity index (χ1v) is 9.18. The van der Waals surface area contributed by atoms with Crippen LogP contribution in [0.1, 0.15) is 53.0 Å². The van der Waals surface area contributed by atoms with Crippen LogP contribution in [0.4, 0.5) is 4.79 Å². The van der Waals surface area contributed by atoms with Gasteiger partial charge in [0.25, 0.3) is 0 Å². The first-order chi connectivity index (χ1) is 12.5. The van der Waals surface area contributed by atoms with Crippen LogP contribution in [0.15, 0.2) is 24.3 Å². The van der Waals surface area contributed by atoms with E-state index in [1.807, 2.05) is 58.9 Å². The minimum Gasteiger partial charge on any atom is -0.497 e. The predicted octanol–water partition coefficient (Wildman–Crippen LogP) is 4.41. The minimum absolute atomic E-state index is 0.249. The van der Waals surface area contributed by atoms with E-state index in [0.29, 0.717) is 25.9 Å². The zero-order valence-corrected chi connectivity index (χ0v) is 17.6. The van der Waals surface area contributed by atoms with Crippen molar-refractivity contribution in [1.82, 2.24) is 4.90 Å². The molecule has 1 aromatic rings. The molecule has 0 aliphatic carbocycles. The number of carbonyl (C=O) groups excluding carboxylic acids is 2. The molecule has 1 rings (SSSR count). The third-order valence-corrected chi connectivity index (χ3v) is 4.15. The van der Waals surface area contributed by atoms with Crippen LogP contribution in [0.2, 0.25) is 0 Å². The van der Waals surface area contributed by atoms with Crippen molar-refractivity contribution in [3.63, 3.8) is 0 Å². The van der Waals surface area contributed by atoms with Crippen molar-refractivity contribution < 1.29 is 23.8 Å². The second kappa shape index (κ2) is 9.62. The molecule has 0 aliphatic heterocycles. The van der Waals surface area contributed by atoms with E-state index in [-0.39, 0.29) is 12.1 Å². The highest BCUT2D eigenvalue weighted by Crippen LogP contribution is 2.25. The highest BCUT2D eigenvalue weighted by molar-refractivity contribution is 5.75. The van der Waals surface area contributed by atoms with Crippen molar-refractivity contribution in [2.75, 3.05) is 20.8 Å². The van der Waals surface area contributed by atoms with Crippen molar-refractivity contribution in [3.05, 3.63) is 29.8 Å². The maximum atomic E-state index is 12.6. The van der Waals surface area contributed by atoms with Gasteiger partial charge >= 0.3 is 12.1 Å². The quantitative estimate of drug-likeness (QED) is 0.626. The van der Waals surface area contributed by atoms with Crippen LogP contribution in [0.5, 0.6) is 5.75 Å². The molecule has 0 N–H and O–H groups in total. The molecular weight excluding hydrogens is 346 g/mol. The molecule has 0 unspecified atom stereocenters. The van der Waals surface area contributed by atoms with Gasteiger partial charge in [0.05, 0.1) is 19.6 Å². The number of esters is 1. The standard InChI is InChI=1S/C21H33NO5/c1-20(2,3)27-19(24)22(14-8-13-21(4,5)18(23)26-7)15-16-9-11-17(25-6)12-10-16/h9-12H,8,13-15H2,1-7H3. The number of carbonyl (C=O) groups is 2. The molecule has 0 radical (unpaired) electrons. The summed E-state index contributed by atoms with van der Waals surface area (Å²) in [7, 11) is 3.01. The number of ether oxygens (including phenoxy) is 3. The minimum atomic E-state index is -0.589. The van der Waals surface area contributed by atoms with Gasteiger partial charge in [0.15, 0.2) is 0 Å². The Morgan fingerprint density at radius 2 is 1.59 bits per heavy atom. The Kier molecular flexibility index (Phi) is 8.13. The van der Waals surface area contributed by atoms with Gasteiger partial charge in [0.1, 0.15) is 11.4 Å². The third kappa shape index (κ3) is 7.89. The first-order valence-electron chi connectivity index (χ1n) is 9.18. The SMILES string of the molecule is COC(=O)C(C)(C)CCCN(Cc1ccc(OC)cc1)C(=O)OC(C)(C)C. The number of hydrogen-bond donors (Lipinski definition) is 0. The molecular formula is C21H33NO5. The van der Waals surface area contributed by atoms with Gasteiger partial charge in [-0.15, -0.1) is 0 Å². The lowest BCUT2D eigenvalue weighted by Gasteiger charge is -2.29. The topological polar surface area (TPSA) is 65.1 Å². The van der Waals surface area contributed by atoms with Crippen LogP contribution in [-0.2, 0) is 20.8 Å². The zero-order valence-electron chi connectivity index (χ0n) is 17.6. The molecule has 27 heavy (non-hydrogen) atoms. The van der Waals surface area contributed by atoms with Gasteiger partial charge in [-0.3, -0.25) is 4.79 Å². The fourth-order valence-electron chi connectivity index (χ4n) is 2.60. The summed E-state index contributed by atoms with van der Waals surface area (Å²) in [6.45, 7) is 10.1. The Morgan fingerprint density at radius 1 is 1.00 bits per heavy atom. The van der Waals surface area contributed by atoms with Gasteiger partial charge in [0, 0.05) is 13.1 Å². The molecule has 0 fully saturated rings.